The van der Waals surface area contributed by atoms with Gasteiger partial charge < -0.3 is 37.0 Å². The molecule has 0 spiro atoms. The maximum absolute atomic E-state index is 14.5. The van der Waals surface area contributed by atoms with Gasteiger partial charge in [-0.15, -0.1) is 10.2 Å². The number of aromatic nitrogens is 8. The van der Waals surface area contributed by atoms with E-state index in [1.165, 1.54) is 45.1 Å². The van der Waals surface area contributed by atoms with E-state index in [-0.39, 0.29) is 61.4 Å². The number of rotatable bonds is 21. The SMILES string of the molecule is CC(=O)C1CCC(N2CC(NC(=O)CNc3nn(S(C)(=O)=O)c4ccc(C)cc34)C2)CC1.Cc1ccc(C2(O)CCC(N3CC(NC(=O)CNc4nn(C)c5ccc(C(C)(C)F)cc45)C3)CC2)cn1.Cc1ccc2c(c1)c(NCC(=O)NC1CN(C3CCC(c4ccc(C)nc4)CC3)C1)nn2S(C)(=O)=O. The highest BCUT2D eigenvalue weighted by Gasteiger charge is 2.42. The minimum Gasteiger partial charge on any atom is -0.385 e. The summed E-state index contributed by atoms with van der Waals surface area (Å²) in [4.78, 5) is 65.2. The lowest BCUT2D eigenvalue weighted by Gasteiger charge is -2.48. The number of Topliss-reactive ketones (excluding diaryl/α,β-unsaturated/α-hetero) is 1. The van der Waals surface area contributed by atoms with E-state index in [1.54, 1.807) is 42.1 Å². The number of nitrogens with zero attached hydrogens (tertiary/aromatic N) is 11. The molecule has 6 fully saturated rings. The van der Waals surface area contributed by atoms with Crippen molar-refractivity contribution < 1.29 is 45.5 Å². The molecule has 26 nitrogen and oxygen atoms in total. The van der Waals surface area contributed by atoms with Crippen LogP contribution in [0.1, 0.15) is 143 Å². The van der Waals surface area contributed by atoms with Gasteiger partial charge in [-0.2, -0.15) is 13.3 Å². The van der Waals surface area contributed by atoms with Crippen LogP contribution >= 0.6 is 0 Å². The van der Waals surface area contributed by atoms with E-state index >= 15 is 0 Å². The van der Waals surface area contributed by atoms with E-state index in [4.69, 9.17) is 0 Å². The second-order valence-electron chi connectivity index (χ2n) is 30.6. The van der Waals surface area contributed by atoms with Crippen molar-refractivity contribution >= 4 is 93.7 Å². The fourth-order valence-electron chi connectivity index (χ4n) is 15.8. The Kier molecular flexibility index (Phi) is 22.9. The van der Waals surface area contributed by atoms with Gasteiger partial charge in [0.05, 0.1) is 72.4 Å². The summed E-state index contributed by atoms with van der Waals surface area (Å²) in [5.41, 5.74) is 6.41. The third-order valence-electron chi connectivity index (χ3n) is 22.0. The maximum Gasteiger partial charge on any atom is 0.251 e. The number of ketones is 1. The summed E-state index contributed by atoms with van der Waals surface area (Å²) >= 11 is 0. The zero-order valence-electron chi connectivity index (χ0n) is 62.0. The first-order valence-corrected chi connectivity index (χ1v) is 40.5. The van der Waals surface area contributed by atoms with Gasteiger partial charge in [0.1, 0.15) is 11.5 Å². The van der Waals surface area contributed by atoms with E-state index in [1.807, 2.05) is 83.4 Å². The van der Waals surface area contributed by atoms with E-state index in [0.29, 0.717) is 74.6 Å². The molecule has 3 amide bonds. The minimum atomic E-state index is -3.56. The zero-order valence-corrected chi connectivity index (χ0v) is 63.6. The first-order valence-electron chi connectivity index (χ1n) is 36.8. The van der Waals surface area contributed by atoms with E-state index in [0.717, 1.165) is 150 Å². The number of carbonyl (C=O) groups excluding carboxylic acids is 4. The molecular formula is C76H102FN17O9S2. The first-order chi connectivity index (χ1) is 49.8. The molecule has 3 saturated heterocycles. The maximum atomic E-state index is 14.5. The van der Waals surface area contributed by atoms with Gasteiger partial charge >= 0.3 is 0 Å². The number of pyridine rings is 2. The number of benzene rings is 3. The Morgan fingerprint density at radius 2 is 0.943 bits per heavy atom. The molecule has 3 saturated carbocycles. The lowest BCUT2D eigenvalue weighted by atomic mass is 9.77. The van der Waals surface area contributed by atoms with Gasteiger partial charge in [0.2, 0.25) is 17.7 Å². The van der Waals surface area contributed by atoms with Gasteiger partial charge in [-0.25, -0.2) is 21.2 Å². The van der Waals surface area contributed by atoms with Crippen LogP contribution in [0.25, 0.3) is 32.7 Å². The van der Waals surface area contributed by atoms with Crippen molar-refractivity contribution in [2.45, 2.75) is 179 Å². The normalized spacial score (nSPS) is 22.3. The smallest absolute Gasteiger partial charge is 0.251 e. The Hall–Kier alpha value is -8.48. The summed E-state index contributed by atoms with van der Waals surface area (Å²) in [5, 5.41) is 44.5. The topological polar surface area (TPSA) is 318 Å². The molecule has 0 atom stereocenters. The summed E-state index contributed by atoms with van der Waals surface area (Å²) in [6.07, 6.45) is 18.1. The Bertz CT molecular complexity index is 4690. The standard InChI is InChI=1S/C28H37FN6O2.C26H34N6O3S.C22H31N5O4S/c1-18-5-6-20(14-30-18)28(37)11-9-22(10-12-28)35-16-21(17-35)32-25(36)15-31-26-23-13-19(27(2,3)29)7-8-24(23)34(4)33-26;1-17-4-11-24-23(12-17)26(30-32(24)36(3,34)35)28-14-25(33)29-21-15-31(16-21)22-9-7-19(8-10-22)20-6-5-18(2)27-13-20;1-14-4-9-20-19(10-14)22(25-27(20)32(3,30)31)23-11-21(29)24-17-12-26(13-17)18-7-5-16(6-8-18)15(2)28/h5-8,13-14,21-22,37H,9-12,15-17H2,1-4H3,(H,31,33)(H,32,36);4-6,11-13,19,21-22H,7-10,14-16H2,1-3H3,(H,28,30)(H,29,33);4,9-10,16-18H,5-8,11-13H2,1-3H3,(H,23,25)(H,24,29). The summed E-state index contributed by atoms with van der Waals surface area (Å²) in [5.74, 6) is 2.11. The Labute approximate surface area is 614 Å². The molecule has 3 aliphatic heterocycles. The van der Waals surface area contributed by atoms with Crippen molar-refractivity contribution in [3.05, 3.63) is 130 Å². The second-order valence-corrected chi connectivity index (χ2v) is 34.3. The molecule has 8 heterocycles. The van der Waals surface area contributed by atoms with Crippen LogP contribution in [-0.4, -0.2) is 206 Å². The lowest BCUT2D eigenvalue weighted by molar-refractivity contribution is -0.123. The second kappa shape index (κ2) is 31.5. The molecule has 0 bridgehead atoms. The minimum absolute atomic E-state index is 0.0179. The van der Waals surface area contributed by atoms with E-state index in [2.05, 4.69) is 84.0 Å². The predicted molar refractivity (Wildman–Crippen MR) is 406 cm³/mol. The first kappa shape index (κ1) is 76.2. The van der Waals surface area contributed by atoms with Crippen LogP contribution in [0.2, 0.25) is 0 Å². The quantitative estimate of drug-likeness (QED) is 0.0360. The van der Waals surface area contributed by atoms with Crippen LogP contribution in [-0.2, 0) is 57.5 Å². The summed E-state index contributed by atoms with van der Waals surface area (Å²) in [6.45, 7) is 17.8. The van der Waals surface area contributed by atoms with Crippen molar-refractivity contribution in [2.24, 2.45) is 13.0 Å². The number of halogens is 1. The molecule has 3 aromatic carbocycles. The largest absolute Gasteiger partial charge is 0.385 e. The van der Waals surface area contributed by atoms with Gasteiger partial charge in [-0.3, -0.25) is 48.5 Å². The van der Waals surface area contributed by atoms with E-state index in [9.17, 15) is 45.5 Å². The average molecular weight is 1480 g/mol. The highest BCUT2D eigenvalue weighted by atomic mass is 32.2. The van der Waals surface area contributed by atoms with Gasteiger partial charge in [0, 0.05) is 116 Å². The molecule has 29 heteroatoms. The van der Waals surface area contributed by atoms with Gasteiger partial charge in [0.15, 0.2) is 17.5 Å². The lowest BCUT2D eigenvalue weighted by Crippen LogP contribution is -2.63. The van der Waals surface area contributed by atoms with Crippen LogP contribution in [0.4, 0.5) is 21.8 Å². The number of anilines is 3. The molecule has 564 valence electrons. The number of aryl methyl sites for hydroxylation is 5. The molecule has 3 aliphatic carbocycles. The molecule has 6 aliphatic rings. The zero-order chi connectivity index (χ0) is 74.9. The molecule has 14 rings (SSSR count). The van der Waals surface area contributed by atoms with Crippen LogP contribution in [0.5, 0.6) is 0 Å². The fourth-order valence-corrected chi connectivity index (χ4v) is 17.3. The number of carbonyl (C=O) groups is 4. The number of fused-ring (bicyclic) bond motifs is 3. The van der Waals surface area contributed by atoms with Gasteiger partial charge in [-0.05, 0) is 191 Å². The monoisotopic (exact) mass is 1480 g/mol. The Morgan fingerprint density at radius 3 is 1.35 bits per heavy atom. The number of aliphatic hydroxyl groups is 1. The highest BCUT2D eigenvalue weighted by molar-refractivity contribution is 7.89. The summed E-state index contributed by atoms with van der Waals surface area (Å²) in [7, 11) is -5.28. The van der Waals surface area contributed by atoms with Crippen LogP contribution in [0.15, 0.2) is 91.3 Å². The Balaban J connectivity index is 0.000000148. The fraction of sp³-hybridized carbons (Fsp3) is 0.539. The number of hydrogen-bond donors (Lipinski definition) is 7. The van der Waals surface area contributed by atoms with Crippen LogP contribution in [0.3, 0.4) is 0 Å². The van der Waals surface area contributed by atoms with Crippen molar-refractivity contribution in [1.82, 2.24) is 68.8 Å². The van der Waals surface area contributed by atoms with Crippen LogP contribution in [0, 0.1) is 33.6 Å². The summed E-state index contributed by atoms with van der Waals surface area (Å²) < 4.78 is 66.6. The molecule has 7 N–H and O–H groups in total. The molecule has 105 heavy (non-hydrogen) atoms. The number of alkyl halides is 1. The highest BCUT2D eigenvalue weighted by Crippen LogP contribution is 2.41. The third-order valence-corrected chi connectivity index (χ3v) is 23.8. The number of amides is 3. The van der Waals surface area contributed by atoms with E-state index < -0.39 is 31.3 Å². The van der Waals surface area contributed by atoms with Crippen molar-refractivity contribution in [2.75, 3.05) is 87.4 Å². The summed E-state index contributed by atoms with van der Waals surface area (Å²) in [6, 6.07) is 26.4. The number of likely N-dealkylation sites (tertiary alicyclic amines) is 3. The van der Waals surface area contributed by atoms with Crippen molar-refractivity contribution in [1.29, 1.82) is 0 Å². The molecule has 5 aromatic heterocycles. The Morgan fingerprint density at radius 1 is 0.533 bits per heavy atom. The molecule has 0 radical (unpaired) electrons. The average Bonchev–Trinajstić information content (AvgIpc) is 1.75. The molecule has 0 unspecified atom stereocenters. The van der Waals surface area contributed by atoms with Gasteiger partial charge in [-0.1, -0.05) is 41.5 Å². The number of hydrogen-bond acceptors (Lipinski definition) is 20. The molecular weight excluding hydrogens is 1380 g/mol. The van der Waals surface area contributed by atoms with Crippen molar-refractivity contribution in [3.8, 4) is 0 Å². The third kappa shape index (κ3) is 18.3. The predicted octanol–water partition coefficient (Wildman–Crippen LogP) is 7.83. The van der Waals surface area contributed by atoms with Crippen LogP contribution < -0.4 is 31.9 Å². The van der Waals surface area contributed by atoms with Gasteiger partial charge in [0.25, 0.3) is 20.0 Å². The van der Waals surface area contributed by atoms with Crippen molar-refractivity contribution in [3.63, 3.8) is 0 Å². The number of nitrogens with one attached hydrogen (secondary N) is 6. The molecule has 8 aromatic rings.